The van der Waals surface area contributed by atoms with Crippen LogP contribution >= 0.6 is 11.6 Å². The molecule has 0 aliphatic rings. The van der Waals surface area contributed by atoms with E-state index < -0.39 is 0 Å². The van der Waals surface area contributed by atoms with Gasteiger partial charge in [0, 0.05) is 22.0 Å². The average molecular weight is 272 g/mol. The first-order valence-electron chi connectivity index (χ1n) is 6.16. The van der Waals surface area contributed by atoms with Gasteiger partial charge in [-0.3, -0.25) is 0 Å². The number of nitrogens with zero attached hydrogens (tertiary/aromatic N) is 3. The van der Waals surface area contributed by atoms with Crippen LogP contribution in [0.2, 0.25) is 5.02 Å². The van der Waals surface area contributed by atoms with E-state index in [9.17, 15) is 0 Å². The number of rotatable bonds is 1. The highest BCUT2D eigenvalue weighted by atomic mass is 35.5. The van der Waals surface area contributed by atoms with Gasteiger partial charge in [0.1, 0.15) is 0 Å². The molecule has 0 N–H and O–H groups in total. The first-order valence-corrected chi connectivity index (χ1v) is 6.53. The summed E-state index contributed by atoms with van der Waals surface area (Å²) in [4.78, 5) is 4.62. The van der Waals surface area contributed by atoms with Gasteiger partial charge in [-0.1, -0.05) is 23.7 Å². The molecule has 0 radical (unpaired) electrons. The smallest absolute Gasteiger partial charge is 0.163 e. The van der Waals surface area contributed by atoms with Crippen LogP contribution in [0.15, 0.2) is 30.3 Å². The van der Waals surface area contributed by atoms with Crippen LogP contribution in [0.3, 0.4) is 0 Å². The van der Waals surface area contributed by atoms with Crippen LogP contribution in [-0.2, 0) is 0 Å². The first kappa shape index (κ1) is 12.2. The molecule has 2 aromatic heterocycles. The molecular weight excluding hydrogens is 258 g/mol. The van der Waals surface area contributed by atoms with Crippen LogP contribution < -0.4 is 0 Å². The van der Waals surface area contributed by atoms with Gasteiger partial charge in [-0.15, -0.1) is 0 Å². The van der Waals surface area contributed by atoms with E-state index in [2.05, 4.69) is 10.1 Å². The maximum atomic E-state index is 6.08. The van der Waals surface area contributed by atoms with Crippen molar-refractivity contribution in [3.63, 3.8) is 0 Å². The molecular formula is C15H14ClN3. The minimum absolute atomic E-state index is 0.723. The molecule has 0 bridgehead atoms. The topological polar surface area (TPSA) is 30.2 Å². The Morgan fingerprint density at radius 2 is 1.89 bits per heavy atom. The number of benzene rings is 1. The summed E-state index contributed by atoms with van der Waals surface area (Å²) < 4.78 is 1.89. The molecule has 2 heterocycles. The zero-order valence-electron chi connectivity index (χ0n) is 11.1. The van der Waals surface area contributed by atoms with E-state index in [1.165, 1.54) is 0 Å². The van der Waals surface area contributed by atoms with Crippen molar-refractivity contribution < 1.29 is 0 Å². The van der Waals surface area contributed by atoms with Crippen LogP contribution in [-0.4, -0.2) is 14.6 Å². The van der Waals surface area contributed by atoms with Gasteiger partial charge in [0.15, 0.2) is 5.65 Å². The van der Waals surface area contributed by atoms with Crippen LogP contribution in [0, 0.1) is 20.8 Å². The fourth-order valence-electron chi connectivity index (χ4n) is 2.41. The molecule has 0 amide bonds. The predicted molar refractivity (Wildman–Crippen MR) is 77.6 cm³/mol. The van der Waals surface area contributed by atoms with Crippen molar-refractivity contribution in [1.82, 2.24) is 14.6 Å². The maximum Gasteiger partial charge on any atom is 0.163 e. The van der Waals surface area contributed by atoms with Gasteiger partial charge in [-0.2, -0.15) is 5.10 Å². The quantitative estimate of drug-likeness (QED) is 0.670. The highest BCUT2D eigenvalue weighted by Gasteiger charge is 2.14. The summed E-state index contributed by atoms with van der Waals surface area (Å²) in [6.07, 6.45) is 0. The number of aromatic nitrogens is 3. The zero-order chi connectivity index (χ0) is 13.6. The van der Waals surface area contributed by atoms with Crippen molar-refractivity contribution in [2.75, 3.05) is 0 Å². The van der Waals surface area contributed by atoms with E-state index in [0.717, 1.165) is 38.9 Å². The van der Waals surface area contributed by atoms with Gasteiger partial charge < -0.3 is 0 Å². The summed E-state index contributed by atoms with van der Waals surface area (Å²) in [7, 11) is 0. The number of aryl methyl sites for hydroxylation is 3. The molecule has 0 aliphatic heterocycles. The summed E-state index contributed by atoms with van der Waals surface area (Å²) in [5, 5.41) is 5.29. The van der Waals surface area contributed by atoms with Crippen LogP contribution in [0.4, 0.5) is 0 Å². The summed E-state index contributed by atoms with van der Waals surface area (Å²) >= 11 is 6.08. The molecule has 19 heavy (non-hydrogen) atoms. The summed E-state index contributed by atoms with van der Waals surface area (Å²) in [6.45, 7) is 6.03. The summed E-state index contributed by atoms with van der Waals surface area (Å²) in [6, 6.07) is 9.83. The van der Waals surface area contributed by atoms with E-state index in [4.69, 9.17) is 11.6 Å². The Hall–Kier alpha value is -1.87. The number of hydrogen-bond donors (Lipinski definition) is 0. The third kappa shape index (κ3) is 2.00. The normalized spacial score (nSPS) is 11.2. The highest BCUT2D eigenvalue weighted by molar-refractivity contribution is 6.30. The van der Waals surface area contributed by atoms with Crippen LogP contribution in [0.1, 0.15) is 17.1 Å². The summed E-state index contributed by atoms with van der Waals surface area (Å²) in [5.41, 5.74) is 6.03. The predicted octanol–water partition coefficient (Wildman–Crippen LogP) is 3.97. The standard InChI is InChI=1S/C15H14ClN3/c1-9-7-10(2)19-15(17-9)14(11(3)18-19)12-5-4-6-13(16)8-12/h4-8H,1-3H3. The first-order chi connectivity index (χ1) is 9.06. The molecule has 0 saturated heterocycles. The van der Waals surface area contributed by atoms with Crippen LogP contribution in [0.5, 0.6) is 0 Å². The maximum absolute atomic E-state index is 6.08. The molecule has 4 heteroatoms. The fourth-order valence-corrected chi connectivity index (χ4v) is 2.60. The molecule has 1 aromatic carbocycles. The van der Waals surface area contributed by atoms with Crippen LogP contribution in [0.25, 0.3) is 16.8 Å². The second-order valence-corrected chi connectivity index (χ2v) is 5.18. The molecule has 3 rings (SSSR count). The monoisotopic (exact) mass is 271 g/mol. The van der Waals surface area contributed by atoms with Gasteiger partial charge in [-0.05, 0) is 44.5 Å². The third-order valence-electron chi connectivity index (χ3n) is 3.18. The Kier molecular flexibility index (Phi) is 2.79. The largest absolute Gasteiger partial charge is 0.233 e. The Balaban J connectivity index is 2.38. The van der Waals surface area contributed by atoms with Crippen molar-refractivity contribution >= 4 is 17.2 Å². The lowest BCUT2D eigenvalue weighted by atomic mass is 10.1. The van der Waals surface area contributed by atoms with E-state index >= 15 is 0 Å². The lowest BCUT2D eigenvalue weighted by Crippen LogP contribution is -1.97. The fraction of sp³-hybridized carbons (Fsp3) is 0.200. The molecule has 0 fully saturated rings. The molecule has 3 aromatic rings. The van der Waals surface area contributed by atoms with Gasteiger partial charge >= 0.3 is 0 Å². The van der Waals surface area contributed by atoms with E-state index in [-0.39, 0.29) is 0 Å². The van der Waals surface area contributed by atoms with Gasteiger partial charge in [0.25, 0.3) is 0 Å². The SMILES string of the molecule is Cc1cc(C)n2nc(C)c(-c3cccc(Cl)c3)c2n1. The van der Waals surface area contributed by atoms with E-state index in [1.807, 2.05) is 55.6 Å². The lowest BCUT2D eigenvalue weighted by molar-refractivity contribution is 0.870. The zero-order valence-corrected chi connectivity index (χ0v) is 11.9. The van der Waals surface area contributed by atoms with Crippen molar-refractivity contribution in [2.45, 2.75) is 20.8 Å². The van der Waals surface area contributed by atoms with Crippen molar-refractivity contribution in [3.8, 4) is 11.1 Å². The minimum atomic E-state index is 0.723. The Bertz CT molecular complexity index is 774. The lowest BCUT2D eigenvalue weighted by Gasteiger charge is -2.03. The molecule has 3 nitrogen and oxygen atoms in total. The van der Waals surface area contributed by atoms with E-state index in [0.29, 0.717) is 0 Å². The van der Waals surface area contributed by atoms with E-state index in [1.54, 1.807) is 0 Å². The second kappa shape index (κ2) is 4.35. The van der Waals surface area contributed by atoms with Crippen molar-refractivity contribution in [2.24, 2.45) is 0 Å². The van der Waals surface area contributed by atoms with Gasteiger partial charge in [-0.25, -0.2) is 9.50 Å². The number of halogens is 1. The Morgan fingerprint density at radius 1 is 1.11 bits per heavy atom. The van der Waals surface area contributed by atoms with Crippen molar-refractivity contribution in [3.05, 3.63) is 52.4 Å². The molecule has 0 saturated carbocycles. The average Bonchev–Trinajstić information content (AvgIpc) is 2.66. The third-order valence-corrected chi connectivity index (χ3v) is 3.42. The number of hydrogen-bond acceptors (Lipinski definition) is 2. The minimum Gasteiger partial charge on any atom is -0.233 e. The Morgan fingerprint density at radius 3 is 2.63 bits per heavy atom. The van der Waals surface area contributed by atoms with Gasteiger partial charge in [0.2, 0.25) is 0 Å². The summed E-state index contributed by atoms with van der Waals surface area (Å²) in [5.74, 6) is 0. The molecule has 0 atom stereocenters. The molecule has 96 valence electrons. The number of fused-ring (bicyclic) bond motifs is 1. The molecule has 0 aliphatic carbocycles. The molecule has 0 unspecified atom stereocenters. The van der Waals surface area contributed by atoms with Crippen molar-refractivity contribution in [1.29, 1.82) is 0 Å². The second-order valence-electron chi connectivity index (χ2n) is 4.75. The molecule has 0 spiro atoms. The highest BCUT2D eigenvalue weighted by Crippen LogP contribution is 2.29. The van der Waals surface area contributed by atoms with Gasteiger partial charge in [0.05, 0.1) is 5.69 Å². The Labute approximate surface area is 116 Å².